The van der Waals surface area contributed by atoms with E-state index < -0.39 is 16.4 Å². The summed E-state index contributed by atoms with van der Waals surface area (Å²) in [6.07, 6.45) is 1.39. The number of nitro benzene ring substituents is 1. The summed E-state index contributed by atoms with van der Waals surface area (Å²) in [5.74, 6) is -0.440. The fraction of sp³-hybridized carbons (Fsp3) is 0.105. The van der Waals surface area contributed by atoms with Gasteiger partial charge in [0.1, 0.15) is 0 Å². The van der Waals surface area contributed by atoms with Crippen LogP contribution in [-0.2, 0) is 0 Å². The van der Waals surface area contributed by atoms with Gasteiger partial charge in [0.25, 0.3) is 0 Å². The van der Waals surface area contributed by atoms with Crippen LogP contribution in [0.25, 0.3) is 10.8 Å². The van der Waals surface area contributed by atoms with E-state index in [1.807, 2.05) is 42.5 Å². The summed E-state index contributed by atoms with van der Waals surface area (Å²) in [5.41, 5.74) is 0.793. The smallest absolute Gasteiger partial charge is 0.312 e. The third-order valence-corrected chi connectivity index (χ3v) is 4.08. The lowest BCUT2D eigenvalue weighted by Gasteiger charge is -2.08. The van der Waals surface area contributed by atoms with Gasteiger partial charge in [-0.15, -0.1) is 0 Å². The Morgan fingerprint density at radius 1 is 1.19 bits per heavy atom. The quantitative estimate of drug-likeness (QED) is 0.287. The van der Waals surface area contributed by atoms with Crippen molar-refractivity contribution in [3.8, 4) is 5.75 Å². The number of nitro groups is 1. The van der Waals surface area contributed by atoms with Crippen LogP contribution in [0.4, 0.5) is 11.4 Å². The van der Waals surface area contributed by atoms with Crippen molar-refractivity contribution in [1.82, 2.24) is 0 Å². The summed E-state index contributed by atoms with van der Waals surface area (Å²) < 4.78 is 0. The van der Waals surface area contributed by atoms with Crippen LogP contribution in [0.2, 0.25) is 5.02 Å². The number of nitrogens with one attached hydrogen (secondary N) is 1. The molecule has 0 bridgehead atoms. The molecule has 2 N–H and O–H groups in total. The second kappa shape index (κ2) is 7.84. The standard InChI is InChI=1S/C19H16ClN3O3/c20-15-10-14(19(24)18(11-15)23(25)26)12-21-8-9-22-17-7-3-5-13-4-1-2-6-16(13)17/h1-7,10-12,22,24H,8-9H2. The highest BCUT2D eigenvalue weighted by atomic mass is 35.5. The fourth-order valence-corrected chi connectivity index (χ4v) is 2.86. The van der Waals surface area contributed by atoms with E-state index in [1.165, 1.54) is 12.3 Å². The van der Waals surface area contributed by atoms with Crippen molar-refractivity contribution in [1.29, 1.82) is 0 Å². The minimum Gasteiger partial charge on any atom is -0.502 e. The molecule has 0 heterocycles. The van der Waals surface area contributed by atoms with E-state index in [2.05, 4.69) is 10.3 Å². The minimum atomic E-state index is -0.680. The maximum absolute atomic E-state index is 10.9. The van der Waals surface area contributed by atoms with Gasteiger partial charge in [-0.25, -0.2) is 0 Å². The maximum Gasteiger partial charge on any atom is 0.312 e. The first-order chi connectivity index (χ1) is 12.6. The summed E-state index contributed by atoms with van der Waals surface area (Å²) in [4.78, 5) is 14.4. The first-order valence-electron chi connectivity index (χ1n) is 7.94. The number of aliphatic imine (C=N–C) groups is 1. The Morgan fingerprint density at radius 2 is 1.96 bits per heavy atom. The Kier molecular flexibility index (Phi) is 5.34. The number of phenols is 1. The second-order valence-corrected chi connectivity index (χ2v) is 6.05. The van der Waals surface area contributed by atoms with Gasteiger partial charge in [-0.2, -0.15) is 0 Å². The van der Waals surface area contributed by atoms with Gasteiger partial charge in [0.05, 0.1) is 11.5 Å². The maximum atomic E-state index is 10.9. The molecule has 132 valence electrons. The molecule has 0 amide bonds. The SMILES string of the molecule is O=[N+]([O-])c1cc(Cl)cc(C=NCCNc2cccc3ccccc23)c1O. The lowest BCUT2D eigenvalue weighted by molar-refractivity contribution is -0.385. The van der Waals surface area contributed by atoms with Crippen LogP contribution in [-0.4, -0.2) is 29.3 Å². The Labute approximate surface area is 154 Å². The molecule has 26 heavy (non-hydrogen) atoms. The second-order valence-electron chi connectivity index (χ2n) is 5.61. The predicted octanol–water partition coefficient (Wildman–Crippen LogP) is 4.64. The summed E-state index contributed by atoms with van der Waals surface area (Å²) in [7, 11) is 0. The number of hydrogen-bond acceptors (Lipinski definition) is 5. The average Bonchev–Trinajstić information content (AvgIpc) is 2.63. The largest absolute Gasteiger partial charge is 0.502 e. The van der Waals surface area contributed by atoms with E-state index >= 15 is 0 Å². The molecular weight excluding hydrogens is 354 g/mol. The van der Waals surface area contributed by atoms with Crippen LogP contribution in [0.1, 0.15) is 5.56 Å². The Bertz CT molecular complexity index is 984. The van der Waals surface area contributed by atoms with E-state index in [0.29, 0.717) is 13.1 Å². The van der Waals surface area contributed by atoms with E-state index in [4.69, 9.17) is 11.6 Å². The highest BCUT2D eigenvalue weighted by Crippen LogP contribution is 2.32. The molecule has 6 nitrogen and oxygen atoms in total. The van der Waals surface area contributed by atoms with Crippen molar-refractivity contribution < 1.29 is 10.0 Å². The van der Waals surface area contributed by atoms with Crippen LogP contribution in [0.15, 0.2) is 59.6 Å². The number of anilines is 1. The molecule has 0 fully saturated rings. The fourth-order valence-electron chi connectivity index (χ4n) is 2.64. The Morgan fingerprint density at radius 3 is 2.77 bits per heavy atom. The molecule has 0 radical (unpaired) electrons. The van der Waals surface area contributed by atoms with E-state index in [0.717, 1.165) is 22.5 Å². The highest BCUT2D eigenvalue weighted by molar-refractivity contribution is 6.31. The number of phenolic OH excluding ortho intramolecular Hbond substituents is 1. The first-order valence-corrected chi connectivity index (χ1v) is 8.32. The molecule has 3 rings (SSSR count). The molecule has 0 aliphatic rings. The minimum absolute atomic E-state index is 0.171. The predicted molar refractivity (Wildman–Crippen MR) is 105 cm³/mol. The average molecular weight is 370 g/mol. The molecule has 3 aromatic rings. The van der Waals surface area contributed by atoms with Crippen LogP contribution < -0.4 is 5.32 Å². The van der Waals surface area contributed by atoms with Crippen LogP contribution >= 0.6 is 11.6 Å². The third kappa shape index (κ3) is 3.92. The van der Waals surface area contributed by atoms with Gasteiger partial charge in [-0.05, 0) is 17.5 Å². The summed E-state index contributed by atoms with van der Waals surface area (Å²) in [6, 6.07) is 16.6. The number of hydrogen-bond donors (Lipinski definition) is 2. The molecule has 3 aromatic carbocycles. The van der Waals surface area contributed by atoms with E-state index in [-0.39, 0.29) is 10.6 Å². The molecule has 0 saturated carbocycles. The molecular formula is C19H16ClN3O3. The number of fused-ring (bicyclic) bond motifs is 1. The highest BCUT2D eigenvalue weighted by Gasteiger charge is 2.17. The molecule has 0 aliphatic heterocycles. The van der Waals surface area contributed by atoms with Crippen LogP contribution in [0, 0.1) is 10.1 Å². The van der Waals surface area contributed by atoms with Gasteiger partial charge in [0.15, 0.2) is 0 Å². The summed E-state index contributed by atoms with van der Waals surface area (Å²) >= 11 is 5.85. The lowest BCUT2D eigenvalue weighted by atomic mass is 10.1. The molecule has 0 saturated heterocycles. The number of nitrogens with zero attached hydrogens (tertiary/aromatic N) is 2. The van der Waals surface area contributed by atoms with E-state index in [1.54, 1.807) is 0 Å². The molecule has 0 unspecified atom stereocenters. The van der Waals surface area contributed by atoms with Crippen molar-refractivity contribution in [2.24, 2.45) is 4.99 Å². The topological polar surface area (TPSA) is 87.8 Å². The van der Waals surface area contributed by atoms with Crippen LogP contribution in [0.3, 0.4) is 0 Å². The Balaban J connectivity index is 1.66. The van der Waals surface area contributed by atoms with Gasteiger partial charge < -0.3 is 10.4 Å². The third-order valence-electron chi connectivity index (χ3n) is 3.86. The number of halogens is 1. The number of aromatic hydroxyl groups is 1. The van der Waals surface area contributed by atoms with Crippen molar-refractivity contribution in [2.45, 2.75) is 0 Å². The van der Waals surface area contributed by atoms with Gasteiger partial charge in [-0.3, -0.25) is 15.1 Å². The molecule has 0 aliphatic carbocycles. The van der Waals surface area contributed by atoms with Crippen molar-refractivity contribution >= 4 is 40.0 Å². The van der Waals surface area contributed by atoms with Gasteiger partial charge in [-0.1, -0.05) is 48.0 Å². The number of rotatable bonds is 6. The van der Waals surface area contributed by atoms with Crippen molar-refractivity contribution in [3.63, 3.8) is 0 Å². The molecule has 0 aromatic heterocycles. The molecule has 0 spiro atoms. The normalized spacial score (nSPS) is 11.1. The van der Waals surface area contributed by atoms with Gasteiger partial charge >= 0.3 is 5.69 Å². The number of benzene rings is 3. The zero-order chi connectivity index (χ0) is 18.5. The zero-order valence-corrected chi connectivity index (χ0v) is 14.5. The first kappa shape index (κ1) is 17.7. The monoisotopic (exact) mass is 369 g/mol. The van der Waals surface area contributed by atoms with Crippen molar-refractivity contribution in [2.75, 3.05) is 18.4 Å². The van der Waals surface area contributed by atoms with Crippen LogP contribution in [0.5, 0.6) is 5.75 Å². The summed E-state index contributed by atoms with van der Waals surface area (Å²) in [6.45, 7) is 1.01. The Hall–Kier alpha value is -3.12. The zero-order valence-electron chi connectivity index (χ0n) is 13.7. The van der Waals surface area contributed by atoms with Crippen molar-refractivity contribution in [3.05, 3.63) is 75.3 Å². The van der Waals surface area contributed by atoms with Gasteiger partial charge in [0, 0.05) is 40.5 Å². The van der Waals surface area contributed by atoms with Gasteiger partial charge in [0.2, 0.25) is 5.75 Å². The lowest BCUT2D eigenvalue weighted by Crippen LogP contribution is -2.05. The van der Waals surface area contributed by atoms with E-state index in [9.17, 15) is 15.2 Å². The summed E-state index contributed by atoms with van der Waals surface area (Å²) in [5, 5.41) is 26.6. The molecule has 0 atom stereocenters. The molecule has 7 heteroatoms.